The number of nitrogens with two attached hydrogens (primary N) is 1. The lowest BCUT2D eigenvalue weighted by molar-refractivity contribution is -0.123. The van der Waals surface area contributed by atoms with Crippen LogP contribution >= 0.6 is 11.6 Å². The van der Waals surface area contributed by atoms with Crippen LogP contribution in [0.1, 0.15) is 30.7 Å². The lowest BCUT2D eigenvalue weighted by Gasteiger charge is -2.32. The average Bonchev–Trinajstić information content (AvgIpc) is 2.66. The molecule has 1 aromatic carbocycles. The lowest BCUT2D eigenvalue weighted by Crippen LogP contribution is -2.41. The predicted molar refractivity (Wildman–Crippen MR) is 68.1 cm³/mol. The standard InChI is InChI=1S/C13H15ClN2O/c14-7-4-5-11-10(6-7)8-2-1-3-9(13(15)17)12(8)16-11/h4-6,8-9,12,16H,1-3H2,(H2,15,17)/t8-,9+,12-/m0/s1. The SMILES string of the molecule is NC(=O)[C@@H]1CCC[C@H]2c3cc(Cl)ccc3N[C@H]12. The topological polar surface area (TPSA) is 55.1 Å². The number of benzene rings is 1. The highest BCUT2D eigenvalue weighted by Gasteiger charge is 2.42. The molecule has 3 nitrogen and oxygen atoms in total. The van der Waals surface area contributed by atoms with Crippen molar-refractivity contribution in [2.75, 3.05) is 5.32 Å². The molecule has 1 fully saturated rings. The minimum absolute atomic E-state index is 0.0556. The molecule has 1 heterocycles. The van der Waals surface area contributed by atoms with E-state index in [2.05, 4.69) is 5.32 Å². The molecule has 17 heavy (non-hydrogen) atoms. The largest absolute Gasteiger partial charge is 0.381 e. The summed E-state index contributed by atoms with van der Waals surface area (Å²) in [6.07, 6.45) is 3.06. The Morgan fingerprint density at radius 1 is 1.41 bits per heavy atom. The highest BCUT2D eigenvalue weighted by atomic mass is 35.5. The number of anilines is 1. The molecule has 3 rings (SSSR count). The Labute approximate surface area is 105 Å². The van der Waals surface area contributed by atoms with Gasteiger partial charge in [-0.2, -0.15) is 0 Å². The number of hydrogen-bond donors (Lipinski definition) is 2. The summed E-state index contributed by atoms with van der Waals surface area (Å²) in [4.78, 5) is 11.5. The van der Waals surface area contributed by atoms with Crippen molar-refractivity contribution in [1.82, 2.24) is 0 Å². The summed E-state index contributed by atoms with van der Waals surface area (Å²) in [5.41, 5.74) is 7.84. The third kappa shape index (κ3) is 1.69. The molecule has 0 aromatic heterocycles. The second kappa shape index (κ2) is 3.91. The van der Waals surface area contributed by atoms with Gasteiger partial charge in [-0.05, 0) is 36.6 Å². The van der Waals surface area contributed by atoms with Crippen molar-refractivity contribution in [3.05, 3.63) is 28.8 Å². The molecule has 1 aliphatic carbocycles. The molecule has 1 saturated carbocycles. The van der Waals surface area contributed by atoms with Crippen LogP contribution < -0.4 is 11.1 Å². The number of nitrogens with one attached hydrogen (secondary N) is 1. The van der Waals surface area contributed by atoms with Crippen LogP contribution in [0, 0.1) is 5.92 Å². The fourth-order valence-corrected chi connectivity index (χ4v) is 3.40. The van der Waals surface area contributed by atoms with E-state index in [-0.39, 0.29) is 17.9 Å². The van der Waals surface area contributed by atoms with E-state index >= 15 is 0 Å². The quantitative estimate of drug-likeness (QED) is 0.805. The van der Waals surface area contributed by atoms with Crippen LogP contribution in [0.15, 0.2) is 18.2 Å². The molecule has 0 bridgehead atoms. The summed E-state index contributed by atoms with van der Waals surface area (Å²) in [6.45, 7) is 0. The molecule has 3 atom stereocenters. The van der Waals surface area contributed by atoms with E-state index in [0.29, 0.717) is 5.92 Å². The van der Waals surface area contributed by atoms with Crippen molar-refractivity contribution < 1.29 is 4.79 Å². The Morgan fingerprint density at radius 3 is 3.00 bits per heavy atom. The first-order valence-corrected chi connectivity index (χ1v) is 6.40. The number of rotatable bonds is 1. The summed E-state index contributed by atoms with van der Waals surface area (Å²) >= 11 is 6.03. The van der Waals surface area contributed by atoms with Crippen LogP contribution in [-0.2, 0) is 4.79 Å². The zero-order chi connectivity index (χ0) is 12.0. The van der Waals surface area contributed by atoms with E-state index < -0.39 is 0 Å². The Bertz CT molecular complexity index is 474. The molecule has 0 saturated heterocycles. The van der Waals surface area contributed by atoms with Crippen LogP contribution in [0.4, 0.5) is 5.69 Å². The van der Waals surface area contributed by atoms with Gasteiger partial charge in [0.2, 0.25) is 5.91 Å². The van der Waals surface area contributed by atoms with Gasteiger partial charge in [0.15, 0.2) is 0 Å². The molecular formula is C13H15ClN2O. The van der Waals surface area contributed by atoms with E-state index in [1.54, 1.807) is 0 Å². The van der Waals surface area contributed by atoms with Crippen molar-refractivity contribution in [3.63, 3.8) is 0 Å². The van der Waals surface area contributed by atoms with Crippen molar-refractivity contribution in [3.8, 4) is 0 Å². The van der Waals surface area contributed by atoms with E-state index in [9.17, 15) is 4.79 Å². The van der Waals surface area contributed by atoms with Gasteiger partial charge in [0.05, 0.1) is 5.92 Å². The summed E-state index contributed by atoms with van der Waals surface area (Å²) < 4.78 is 0. The summed E-state index contributed by atoms with van der Waals surface area (Å²) in [5, 5.41) is 4.19. The third-order valence-electron chi connectivity index (χ3n) is 4.00. The van der Waals surface area contributed by atoms with Crippen molar-refractivity contribution >= 4 is 23.2 Å². The zero-order valence-corrected chi connectivity index (χ0v) is 10.2. The minimum Gasteiger partial charge on any atom is -0.381 e. The molecule has 3 N–H and O–H groups in total. The van der Waals surface area contributed by atoms with Crippen molar-refractivity contribution in [2.24, 2.45) is 11.7 Å². The molecular weight excluding hydrogens is 236 g/mol. The second-order valence-electron chi connectivity index (χ2n) is 4.95. The van der Waals surface area contributed by atoms with Gasteiger partial charge in [-0.1, -0.05) is 18.0 Å². The molecule has 1 aromatic rings. The molecule has 0 unspecified atom stereocenters. The first-order chi connectivity index (χ1) is 8.16. The molecule has 1 aliphatic heterocycles. The number of halogens is 1. The van der Waals surface area contributed by atoms with Gasteiger partial charge in [-0.15, -0.1) is 0 Å². The molecule has 0 radical (unpaired) electrons. The van der Waals surface area contributed by atoms with Gasteiger partial charge < -0.3 is 11.1 Å². The Kier molecular flexibility index (Phi) is 2.51. The minimum atomic E-state index is -0.189. The van der Waals surface area contributed by atoms with E-state index in [0.717, 1.165) is 30.0 Å². The van der Waals surface area contributed by atoms with Crippen LogP contribution in [0.25, 0.3) is 0 Å². The highest BCUT2D eigenvalue weighted by Crippen LogP contribution is 2.46. The normalized spacial score (nSPS) is 30.3. The number of primary amides is 1. The maximum Gasteiger partial charge on any atom is 0.222 e. The summed E-state index contributed by atoms with van der Waals surface area (Å²) in [5.74, 6) is 0.140. The molecule has 1 amide bonds. The van der Waals surface area contributed by atoms with Gasteiger partial charge in [0.25, 0.3) is 0 Å². The zero-order valence-electron chi connectivity index (χ0n) is 9.45. The van der Waals surface area contributed by atoms with Crippen LogP contribution in [0.5, 0.6) is 0 Å². The Morgan fingerprint density at radius 2 is 2.24 bits per heavy atom. The number of carbonyl (C=O) groups is 1. The van der Waals surface area contributed by atoms with Gasteiger partial charge in [-0.3, -0.25) is 4.79 Å². The third-order valence-corrected chi connectivity index (χ3v) is 4.23. The number of fused-ring (bicyclic) bond motifs is 3. The van der Waals surface area contributed by atoms with Gasteiger partial charge >= 0.3 is 0 Å². The fourth-order valence-electron chi connectivity index (χ4n) is 3.22. The molecule has 0 spiro atoms. The van der Waals surface area contributed by atoms with Gasteiger partial charge in [-0.25, -0.2) is 0 Å². The number of hydrogen-bond acceptors (Lipinski definition) is 2. The molecule has 90 valence electrons. The number of amides is 1. The maximum absolute atomic E-state index is 11.5. The van der Waals surface area contributed by atoms with E-state index in [1.807, 2.05) is 18.2 Å². The van der Waals surface area contributed by atoms with E-state index in [4.69, 9.17) is 17.3 Å². The van der Waals surface area contributed by atoms with Gasteiger partial charge in [0.1, 0.15) is 0 Å². The number of carbonyl (C=O) groups excluding carboxylic acids is 1. The first kappa shape index (κ1) is 10.9. The molecule has 2 aliphatic rings. The Hall–Kier alpha value is -1.22. The lowest BCUT2D eigenvalue weighted by atomic mass is 9.76. The first-order valence-electron chi connectivity index (χ1n) is 6.02. The highest BCUT2D eigenvalue weighted by molar-refractivity contribution is 6.30. The van der Waals surface area contributed by atoms with Crippen LogP contribution in [0.3, 0.4) is 0 Å². The average molecular weight is 251 g/mol. The van der Waals surface area contributed by atoms with Crippen LogP contribution in [-0.4, -0.2) is 11.9 Å². The van der Waals surface area contributed by atoms with Gasteiger partial charge in [0, 0.05) is 22.7 Å². The Balaban J connectivity index is 1.98. The second-order valence-corrected chi connectivity index (χ2v) is 5.38. The predicted octanol–water partition coefficient (Wildman–Crippen LogP) is 2.50. The fraction of sp³-hybridized carbons (Fsp3) is 0.462. The summed E-state index contributed by atoms with van der Waals surface area (Å²) in [6, 6.07) is 6.05. The maximum atomic E-state index is 11.5. The summed E-state index contributed by atoms with van der Waals surface area (Å²) in [7, 11) is 0. The molecule has 4 heteroatoms. The van der Waals surface area contributed by atoms with E-state index in [1.165, 1.54) is 5.56 Å². The van der Waals surface area contributed by atoms with Crippen LogP contribution in [0.2, 0.25) is 5.02 Å². The van der Waals surface area contributed by atoms with Crippen molar-refractivity contribution in [1.29, 1.82) is 0 Å². The smallest absolute Gasteiger partial charge is 0.222 e. The monoisotopic (exact) mass is 250 g/mol. The van der Waals surface area contributed by atoms with Crippen molar-refractivity contribution in [2.45, 2.75) is 31.2 Å².